The number of rotatable bonds is 9. The van der Waals surface area contributed by atoms with Crippen molar-refractivity contribution in [3.63, 3.8) is 0 Å². The Labute approximate surface area is 190 Å². The maximum atomic E-state index is 12.6. The minimum Gasteiger partial charge on any atom is -0.494 e. The number of hydrogen-bond acceptors (Lipinski definition) is 3. The van der Waals surface area contributed by atoms with Gasteiger partial charge in [0.05, 0.1) is 18.0 Å². The fourth-order valence-electron chi connectivity index (χ4n) is 3.94. The molecule has 4 rings (SSSR count). The van der Waals surface area contributed by atoms with E-state index in [1.54, 1.807) is 0 Å². The zero-order valence-corrected chi connectivity index (χ0v) is 19.4. The van der Waals surface area contributed by atoms with Crippen LogP contribution in [0.1, 0.15) is 52.0 Å². The predicted octanol–water partition coefficient (Wildman–Crippen LogP) is 5.59. The molecule has 0 saturated heterocycles. The van der Waals surface area contributed by atoms with Crippen molar-refractivity contribution in [2.45, 2.75) is 52.5 Å². The molecule has 3 aromatic rings. The topological polar surface area (TPSA) is 56.2 Å². The van der Waals surface area contributed by atoms with E-state index in [-0.39, 0.29) is 23.8 Å². The highest BCUT2D eigenvalue weighted by Gasteiger charge is 2.46. The summed E-state index contributed by atoms with van der Waals surface area (Å²) in [4.78, 5) is 12.6. The van der Waals surface area contributed by atoms with Crippen LogP contribution in [0.15, 0.2) is 60.8 Å². The van der Waals surface area contributed by atoms with Crippen LogP contribution in [-0.2, 0) is 4.79 Å². The van der Waals surface area contributed by atoms with Gasteiger partial charge in [-0.3, -0.25) is 4.79 Å². The molecule has 1 saturated carbocycles. The molecule has 1 amide bonds. The first-order valence-electron chi connectivity index (χ1n) is 11.6. The first-order chi connectivity index (χ1) is 15.4. The molecule has 2 atom stereocenters. The standard InChI is InChI=1S/C27H33N3O2/c1-18(2)14-15-32-22-12-10-20(11-13-22)26-25(23-16-24(23)27(31)28-19(3)4)17-30(29-26)21-8-6-5-7-9-21/h5-13,17-19,23-24H,14-16H2,1-4H3,(H,28,31). The van der Waals surface area contributed by atoms with E-state index in [1.165, 1.54) is 0 Å². The summed E-state index contributed by atoms with van der Waals surface area (Å²) in [7, 11) is 0. The van der Waals surface area contributed by atoms with Crippen molar-refractivity contribution in [1.82, 2.24) is 15.1 Å². The highest BCUT2D eigenvalue weighted by Crippen LogP contribution is 2.50. The van der Waals surface area contributed by atoms with Gasteiger partial charge in [-0.15, -0.1) is 0 Å². The van der Waals surface area contributed by atoms with Gasteiger partial charge in [-0.1, -0.05) is 32.0 Å². The maximum absolute atomic E-state index is 12.6. The Morgan fingerprint density at radius 1 is 1.09 bits per heavy atom. The lowest BCUT2D eigenvalue weighted by atomic mass is 10.0. The minimum absolute atomic E-state index is 0.0169. The average molecular weight is 432 g/mol. The monoisotopic (exact) mass is 431 g/mol. The number of nitrogens with one attached hydrogen (secondary N) is 1. The van der Waals surface area contributed by atoms with Crippen LogP contribution in [0.25, 0.3) is 16.9 Å². The Bertz CT molecular complexity index is 1040. The Balaban J connectivity index is 1.59. The second kappa shape index (κ2) is 9.60. The van der Waals surface area contributed by atoms with E-state index < -0.39 is 0 Å². The van der Waals surface area contributed by atoms with Gasteiger partial charge in [0.1, 0.15) is 5.75 Å². The van der Waals surface area contributed by atoms with E-state index in [4.69, 9.17) is 9.84 Å². The number of para-hydroxylation sites is 1. The largest absolute Gasteiger partial charge is 0.494 e. The van der Waals surface area contributed by atoms with Crippen molar-refractivity contribution in [3.05, 3.63) is 66.4 Å². The molecule has 32 heavy (non-hydrogen) atoms. The van der Waals surface area contributed by atoms with Crippen molar-refractivity contribution >= 4 is 5.91 Å². The molecule has 1 aliphatic rings. The van der Waals surface area contributed by atoms with Gasteiger partial charge in [0.15, 0.2) is 0 Å². The predicted molar refractivity (Wildman–Crippen MR) is 128 cm³/mol. The van der Waals surface area contributed by atoms with Crippen molar-refractivity contribution in [2.75, 3.05) is 6.61 Å². The molecular formula is C27H33N3O2. The zero-order valence-electron chi connectivity index (χ0n) is 19.4. The number of carbonyl (C=O) groups is 1. The summed E-state index contributed by atoms with van der Waals surface area (Å²) in [6.45, 7) is 9.12. The third-order valence-electron chi connectivity index (χ3n) is 5.81. The molecule has 0 spiro atoms. The number of ether oxygens (including phenoxy) is 1. The van der Waals surface area contributed by atoms with Crippen molar-refractivity contribution in [3.8, 4) is 22.7 Å². The van der Waals surface area contributed by atoms with E-state index in [9.17, 15) is 4.79 Å². The van der Waals surface area contributed by atoms with Crippen LogP contribution >= 0.6 is 0 Å². The molecular weight excluding hydrogens is 398 g/mol. The van der Waals surface area contributed by atoms with Gasteiger partial charge in [-0.2, -0.15) is 5.10 Å². The summed E-state index contributed by atoms with van der Waals surface area (Å²) in [5, 5.41) is 7.98. The summed E-state index contributed by atoms with van der Waals surface area (Å²) in [6.07, 6.45) is 3.99. The lowest BCUT2D eigenvalue weighted by molar-refractivity contribution is -0.122. The molecule has 1 aromatic heterocycles. The molecule has 2 aromatic carbocycles. The zero-order chi connectivity index (χ0) is 22.7. The molecule has 1 fully saturated rings. The maximum Gasteiger partial charge on any atom is 0.223 e. The molecule has 1 heterocycles. The third kappa shape index (κ3) is 5.21. The first-order valence-corrected chi connectivity index (χ1v) is 11.6. The van der Waals surface area contributed by atoms with Crippen molar-refractivity contribution < 1.29 is 9.53 Å². The number of hydrogen-bond donors (Lipinski definition) is 1. The highest BCUT2D eigenvalue weighted by atomic mass is 16.5. The van der Waals surface area contributed by atoms with E-state index in [2.05, 4.69) is 37.5 Å². The summed E-state index contributed by atoms with van der Waals surface area (Å²) in [5.74, 6) is 1.85. The van der Waals surface area contributed by atoms with Crippen LogP contribution in [0.4, 0.5) is 0 Å². The molecule has 0 radical (unpaired) electrons. The van der Waals surface area contributed by atoms with Gasteiger partial charge in [-0.05, 0) is 74.9 Å². The quantitative estimate of drug-likeness (QED) is 0.480. The average Bonchev–Trinajstić information content (AvgIpc) is 3.45. The molecule has 2 unspecified atom stereocenters. The molecule has 168 valence electrons. The third-order valence-corrected chi connectivity index (χ3v) is 5.81. The van der Waals surface area contributed by atoms with Gasteiger partial charge in [0, 0.05) is 29.3 Å². The van der Waals surface area contributed by atoms with Crippen LogP contribution in [0.5, 0.6) is 5.75 Å². The second-order valence-corrected chi connectivity index (χ2v) is 9.38. The number of nitrogens with zero attached hydrogens (tertiary/aromatic N) is 2. The molecule has 5 nitrogen and oxygen atoms in total. The van der Waals surface area contributed by atoms with Gasteiger partial charge in [-0.25, -0.2) is 4.68 Å². The Kier molecular flexibility index (Phi) is 6.63. The normalized spacial score (nSPS) is 17.6. The highest BCUT2D eigenvalue weighted by molar-refractivity contribution is 5.84. The summed E-state index contributed by atoms with van der Waals surface area (Å²) in [6, 6.07) is 18.4. The lowest BCUT2D eigenvalue weighted by Crippen LogP contribution is -2.31. The fourth-order valence-corrected chi connectivity index (χ4v) is 3.94. The molecule has 0 aliphatic heterocycles. The van der Waals surface area contributed by atoms with Crippen molar-refractivity contribution in [2.24, 2.45) is 11.8 Å². The van der Waals surface area contributed by atoms with Crippen LogP contribution in [0.3, 0.4) is 0 Å². The summed E-state index contributed by atoms with van der Waals surface area (Å²) >= 11 is 0. The van der Waals surface area contributed by atoms with Gasteiger partial charge in [0.25, 0.3) is 0 Å². The molecule has 1 N–H and O–H groups in total. The minimum atomic E-state index is 0.0169. The van der Waals surface area contributed by atoms with Crippen LogP contribution in [0.2, 0.25) is 0 Å². The Morgan fingerprint density at radius 3 is 2.47 bits per heavy atom. The fraction of sp³-hybridized carbons (Fsp3) is 0.407. The molecule has 0 bridgehead atoms. The number of benzene rings is 2. The summed E-state index contributed by atoms with van der Waals surface area (Å²) in [5.41, 5.74) is 4.12. The molecule has 5 heteroatoms. The van der Waals surface area contributed by atoms with Crippen LogP contribution in [-0.4, -0.2) is 28.3 Å². The van der Waals surface area contributed by atoms with E-state index in [1.807, 2.05) is 61.0 Å². The number of carbonyl (C=O) groups excluding carboxylic acids is 1. The van der Waals surface area contributed by atoms with E-state index >= 15 is 0 Å². The number of aromatic nitrogens is 2. The van der Waals surface area contributed by atoms with E-state index in [0.717, 1.165) is 47.7 Å². The second-order valence-electron chi connectivity index (χ2n) is 9.38. The van der Waals surface area contributed by atoms with Crippen LogP contribution in [0, 0.1) is 11.8 Å². The summed E-state index contributed by atoms with van der Waals surface area (Å²) < 4.78 is 7.80. The van der Waals surface area contributed by atoms with Gasteiger partial charge >= 0.3 is 0 Å². The van der Waals surface area contributed by atoms with E-state index in [0.29, 0.717) is 5.92 Å². The van der Waals surface area contributed by atoms with Crippen molar-refractivity contribution in [1.29, 1.82) is 0 Å². The molecule has 1 aliphatic carbocycles. The SMILES string of the molecule is CC(C)CCOc1ccc(-c2nn(-c3ccccc3)cc2C2CC2C(=O)NC(C)C)cc1. The number of amides is 1. The Hall–Kier alpha value is -3.08. The Morgan fingerprint density at radius 2 is 1.81 bits per heavy atom. The van der Waals surface area contributed by atoms with Crippen LogP contribution < -0.4 is 10.1 Å². The van der Waals surface area contributed by atoms with Gasteiger partial charge < -0.3 is 10.1 Å². The first kappa shape index (κ1) is 22.1. The lowest BCUT2D eigenvalue weighted by Gasteiger charge is -2.09. The smallest absolute Gasteiger partial charge is 0.223 e. The van der Waals surface area contributed by atoms with Gasteiger partial charge in [0.2, 0.25) is 5.91 Å².